The summed E-state index contributed by atoms with van der Waals surface area (Å²) in [7, 11) is 0. The highest BCUT2D eigenvalue weighted by Gasteiger charge is 2.19. The molecular weight excluding hydrogens is 220 g/mol. The van der Waals surface area contributed by atoms with Crippen LogP contribution in [0.1, 0.15) is 37.8 Å². The summed E-state index contributed by atoms with van der Waals surface area (Å²) in [5, 5.41) is 3.53. The van der Waals surface area contributed by atoms with Crippen molar-refractivity contribution in [3.63, 3.8) is 0 Å². The molecule has 0 saturated carbocycles. The lowest BCUT2D eigenvalue weighted by molar-refractivity contribution is 0.483. The number of fused-ring (bicyclic) bond motifs is 1. The number of benzene rings is 1. The van der Waals surface area contributed by atoms with E-state index in [0.717, 1.165) is 19.0 Å². The Morgan fingerprint density at radius 2 is 1.83 bits per heavy atom. The molecule has 2 heteroatoms. The van der Waals surface area contributed by atoms with Gasteiger partial charge in [0.2, 0.25) is 0 Å². The van der Waals surface area contributed by atoms with Gasteiger partial charge in [0.25, 0.3) is 0 Å². The molecule has 0 atom stereocenters. The van der Waals surface area contributed by atoms with Crippen LogP contribution in [-0.2, 0) is 0 Å². The summed E-state index contributed by atoms with van der Waals surface area (Å²) in [6.45, 7) is 12.4. The maximum absolute atomic E-state index is 3.53. The fourth-order valence-corrected chi connectivity index (χ4v) is 2.70. The zero-order valence-electron chi connectivity index (χ0n) is 12.2. The summed E-state index contributed by atoms with van der Waals surface area (Å²) in [5.74, 6) is 0.817. The molecule has 0 spiro atoms. The van der Waals surface area contributed by atoms with E-state index in [1.165, 1.54) is 41.9 Å². The summed E-state index contributed by atoms with van der Waals surface area (Å²) < 4.78 is 0. The predicted molar refractivity (Wildman–Crippen MR) is 80.7 cm³/mol. The van der Waals surface area contributed by atoms with Crippen LogP contribution >= 0.6 is 0 Å². The maximum Gasteiger partial charge on any atom is 0.0605 e. The Morgan fingerprint density at radius 3 is 2.50 bits per heavy atom. The second-order valence-corrected chi connectivity index (χ2v) is 5.51. The summed E-state index contributed by atoms with van der Waals surface area (Å²) in [6.07, 6.45) is 2.56. The smallest absolute Gasteiger partial charge is 0.0605 e. The Labute approximate surface area is 111 Å². The lowest BCUT2D eigenvalue weighted by Gasteiger charge is -2.35. The molecule has 100 valence electrons. The number of anilines is 2. The highest BCUT2D eigenvalue weighted by Crippen LogP contribution is 2.32. The van der Waals surface area contributed by atoms with Crippen molar-refractivity contribution in [1.82, 2.24) is 0 Å². The van der Waals surface area contributed by atoms with Gasteiger partial charge in [-0.25, -0.2) is 0 Å². The highest BCUT2D eigenvalue weighted by atomic mass is 15.2. The molecule has 0 bridgehead atoms. The second-order valence-electron chi connectivity index (χ2n) is 5.51. The summed E-state index contributed by atoms with van der Waals surface area (Å²) >= 11 is 0. The highest BCUT2D eigenvalue weighted by molar-refractivity contribution is 5.74. The summed E-state index contributed by atoms with van der Waals surface area (Å²) in [5.41, 5.74) is 5.49. The van der Waals surface area contributed by atoms with E-state index >= 15 is 0 Å². The first-order chi connectivity index (χ1) is 8.65. The molecule has 0 aliphatic carbocycles. The van der Waals surface area contributed by atoms with E-state index in [1.807, 2.05) is 0 Å². The average Bonchev–Trinajstić information content (AvgIpc) is 2.37. The lowest BCUT2D eigenvalue weighted by Crippen LogP contribution is -2.37. The molecule has 1 aromatic carbocycles. The zero-order chi connectivity index (χ0) is 13.1. The first kappa shape index (κ1) is 13.3. The van der Waals surface area contributed by atoms with Crippen molar-refractivity contribution in [2.45, 2.75) is 40.5 Å². The quantitative estimate of drug-likeness (QED) is 0.864. The third kappa shape index (κ3) is 2.63. The molecule has 0 radical (unpaired) electrons. The Kier molecular flexibility index (Phi) is 4.15. The summed E-state index contributed by atoms with van der Waals surface area (Å²) in [6, 6.07) is 4.64. The van der Waals surface area contributed by atoms with Crippen LogP contribution in [0.5, 0.6) is 0 Å². The Morgan fingerprint density at radius 1 is 1.17 bits per heavy atom. The van der Waals surface area contributed by atoms with Crippen molar-refractivity contribution in [3.8, 4) is 0 Å². The number of rotatable bonds is 4. The van der Waals surface area contributed by atoms with Crippen LogP contribution in [0.3, 0.4) is 0 Å². The zero-order valence-corrected chi connectivity index (χ0v) is 12.2. The van der Waals surface area contributed by atoms with Gasteiger partial charge in [0.05, 0.1) is 11.4 Å². The van der Waals surface area contributed by atoms with Gasteiger partial charge in [-0.2, -0.15) is 0 Å². The van der Waals surface area contributed by atoms with E-state index in [4.69, 9.17) is 0 Å². The van der Waals surface area contributed by atoms with Crippen LogP contribution in [-0.4, -0.2) is 19.6 Å². The average molecular weight is 246 g/mol. The van der Waals surface area contributed by atoms with E-state index in [9.17, 15) is 0 Å². The topological polar surface area (TPSA) is 15.3 Å². The second kappa shape index (κ2) is 5.64. The molecule has 1 heterocycles. The fraction of sp³-hybridized carbons (Fsp3) is 0.625. The molecule has 1 aliphatic heterocycles. The molecule has 0 amide bonds. The fourth-order valence-electron chi connectivity index (χ4n) is 2.70. The van der Waals surface area contributed by atoms with Crippen molar-refractivity contribution in [2.75, 3.05) is 29.9 Å². The largest absolute Gasteiger partial charge is 0.382 e. The molecule has 2 rings (SSSR count). The molecule has 0 unspecified atom stereocenters. The lowest BCUT2D eigenvalue weighted by atomic mass is 10.0. The Bertz CT molecular complexity index is 408. The van der Waals surface area contributed by atoms with E-state index < -0.39 is 0 Å². The van der Waals surface area contributed by atoms with Gasteiger partial charge < -0.3 is 10.2 Å². The van der Waals surface area contributed by atoms with Gasteiger partial charge in [0, 0.05) is 19.6 Å². The Hall–Kier alpha value is -1.18. The van der Waals surface area contributed by atoms with Crippen molar-refractivity contribution in [3.05, 3.63) is 23.3 Å². The monoisotopic (exact) mass is 246 g/mol. The Balaban J connectivity index is 2.24. The molecule has 1 aliphatic rings. The molecule has 1 N–H and O–H groups in total. The van der Waals surface area contributed by atoms with Crippen molar-refractivity contribution < 1.29 is 0 Å². The van der Waals surface area contributed by atoms with Crippen LogP contribution in [0, 0.1) is 19.8 Å². The SMILES string of the molecule is CCC(CC)CN1CCNc2cc(C)c(C)cc21. The number of hydrogen-bond donors (Lipinski definition) is 1. The number of nitrogens with zero attached hydrogens (tertiary/aromatic N) is 1. The van der Waals surface area contributed by atoms with Gasteiger partial charge in [-0.05, 0) is 43.0 Å². The molecular formula is C16H26N2. The van der Waals surface area contributed by atoms with Gasteiger partial charge in [0.15, 0.2) is 0 Å². The minimum Gasteiger partial charge on any atom is -0.382 e. The minimum absolute atomic E-state index is 0.817. The van der Waals surface area contributed by atoms with Gasteiger partial charge in [-0.1, -0.05) is 26.7 Å². The predicted octanol–water partition coefficient (Wildman–Crippen LogP) is 3.97. The van der Waals surface area contributed by atoms with Crippen LogP contribution in [0.15, 0.2) is 12.1 Å². The van der Waals surface area contributed by atoms with Crippen LogP contribution in [0.4, 0.5) is 11.4 Å². The molecule has 0 fully saturated rings. The van der Waals surface area contributed by atoms with E-state index in [2.05, 4.69) is 50.0 Å². The van der Waals surface area contributed by atoms with Crippen molar-refractivity contribution in [1.29, 1.82) is 0 Å². The molecule has 2 nitrogen and oxygen atoms in total. The van der Waals surface area contributed by atoms with Crippen LogP contribution in [0.2, 0.25) is 0 Å². The third-order valence-corrected chi connectivity index (χ3v) is 4.28. The molecule has 0 aromatic heterocycles. The molecule has 18 heavy (non-hydrogen) atoms. The normalized spacial score (nSPS) is 14.6. The van der Waals surface area contributed by atoms with Gasteiger partial charge in [-0.15, -0.1) is 0 Å². The summed E-state index contributed by atoms with van der Waals surface area (Å²) in [4.78, 5) is 2.57. The van der Waals surface area contributed by atoms with E-state index in [0.29, 0.717) is 0 Å². The molecule has 0 saturated heterocycles. The van der Waals surface area contributed by atoms with Crippen LogP contribution in [0.25, 0.3) is 0 Å². The third-order valence-electron chi connectivity index (χ3n) is 4.28. The van der Waals surface area contributed by atoms with E-state index in [1.54, 1.807) is 0 Å². The minimum atomic E-state index is 0.817. The van der Waals surface area contributed by atoms with Crippen molar-refractivity contribution >= 4 is 11.4 Å². The van der Waals surface area contributed by atoms with Gasteiger partial charge in [0.1, 0.15) is 0 Å². The number of hydrogen-bond acceptors (Lipinski definition) is 2. The van der Waals surface area contributed by atoms with Gasteiger partial charge >= 0.3 is 0 Å². The first-order valence-electron chi connectivity index (χ1n) is 7.25. The van der Waals surface area contributed by atoms with Gasteiger partial charge in [-0.3, -0.25) is 0 Å². The van der Waals surface area contributed by atoms with Crippen molar-refractivity contribution in [2.24, 2.45) is 5.92 Å². The number of aryl methyl sites for hydroxylation is 2. The van der Waals surface area contributed by atoms with E-state index in [-0.39, 0.29) is 0 Å². The van der Waals surface area contributed by atoms with Crippen LogP contribution < -0.4 is 10.2 Å². The standard InChI is InChI=1S/C16H26N2/c1-5-14(6-2)11-18-8-7-17-15-9-12(3)13(4)10-16(15)18/h9-10,14,17H,5-8,11H2,1-4H3. The first-order valence-corrected chi connectivity index (χ1v) is 7.25. The molecule has 1 aromatic rings. The number of nitrogens with one attached hydrogen (secondary N) is 1. The maximum atomic E-state index is 3.53.